The van der Waals surface area contributed by atoms with Crippen molar-refractivity contribution in [3.05, 3.63) is 64.7 Å². The van der Waals surface area contributed by atoms with Crippen LogP contribution in [0, 0.1) is 5.92 Å². The minimum Gasteiger partial charge on any atom is -0.478 e. The van der Waals surface area contributed by atoms with Crippen molar-refractivity contribution < 1.29 is 14.7 Å². The van der Waals surface area contributed by atoms with Crippen LogP contribution in [0.2, 0.25) is 0 Å². The Balaban J connectivity index is 1.49. The van der Waals surface area contributed by atoms with Crippen LogP contribution in [-0.4, -0.2) is 17.0 Å². The quantitative estimate of drug-likeness (QED) is 0.726. The number of amides is 1. The van der Waals surface area contributed by atoms with Crippen LogP contribution < -0.4 is 5.32 Å². The highest BCUT2D eigenvalue weighted by Gasteiger charge is 2.45. The summed E-state index contributed by atoms with van der Waals surface area (Å²) in [7, 11) is 0. The van der Waals surface area contributed by atoms with Gasteiger partial charge in [0.2, 0.25) is 5.91 Å². The zero-order chi connectivity index (χ0) is 21.0. The van der Waals surface area contributed by atoms with Gasteiger partial charge in [-0.1, -0.05) is 45.9 Å². The smallest absolute Gasteiger partial charge is 0.335 e. The lowest BCUT2D eigenvalue weighted by Gasteiger charge is -2.42. The molecule has 29 heavy (non-hydrogen) atoms. The highest BCUT2D eigenvalue weighted by atomic mass is 16.4. The third-order valence-corrected chi connectivity index (χ3v) is 6.83. The van der Waals surface area contributed by atoms with Crippen LogP contribution in [0.4, 0.5) is 5.69 Å². The first-order valence-corrected chi connectivity index (χ1v) is 10.4. The Kier molecular flexibility index (Phi) is 4.56. The fourth-order valence-electron chi connectivity index (χ4n) is 4.62. The van der Waals surface area contributed by atoms with Gasteiger partial charge >= 0.3 is 5.97 Å². The van der Waals surface area contributed by atoms with E-state index in [2.05, 4.69) is 51.2 Å². The molecule has 2 atom stereocenters. The average Bonchev–Trinajstić information content (AvgIpc) is 3.47. The summed E-state index contributed by atoms with van der Waals surface area (Å²) in [5.74, 6) is -0.717. The van der Waals surface area contributed by atoms with E-state index in [1.165, 1.54) is 41.7 Å². The summed E-state index contributed by atoms with van der Waals surface area (Å²) in [5, 5.41) is 11.9. The van der Waals surface area contributed by atoms with E-state index in [9.17, 15) is 9.59 Å². The van der Waals surface area contributed by atoms with Crippen molar-refractivity contribution in [3.8, 4) is 0 Å². The zero-order valence-corrected chi connectivity index (χ0v) is 17.6. The number of rotatable bonds is 4. The van der Waals surface area contributed by atoms with Crippen molar-refractivity contribution in [2.24, 2.45) is 5.92 Å². The predicted molar refractivity (Wildman–Crippen MR) is 115 cm³/mol. The molecule has 2 N–H and O–H groups in total. The Morgan fingerprint density at radius 2 is 1.55 bits per heavy atom. The molecule has 2 aliphatic rings. The van der Waals surface area contributed by atoms with Crippen LogP contribution in [0.3, 0.4) is 0 Å². The van der Waals surface area contributed by atoms with Crippen LogP contribution in [0.1, 0.15) is 79.9 Å². The fourth-order valence-corrected chi connectivity index (χ4v) is 4.62. The lowest BCUT2D eigenvalue weighted by molar-refractivity contribution is -0.117. The maximum atomic E-state index is 12.7. The van der Waals surface area contributed by atoms with Crippen molar-refractivity contribution >= 4 is 17.6 Å². The number of benzene rings is 2. The van der Waals surface area contributed by atoms with Gasteiger partial charge in [-0.2, -0.15) is 0 Å². The molecule has 0 bridgehead atoms. The molecule has 2 unspecified atom stereocenters. The first-order valence-electron chi connectivity index (χ1n) is 10.4. The van der Waals surface area contributed by atoms with E-state index in [1.807, 2.05) is 0 Å². The van der Waals surface area contributed by atoms with Crippen molar-refractivity contribution in [1.82, 2.24) is 0 Å². The van der Waals surface area contributed by atoms with E-state index in [1.54, 1.807) is 12.1 Å². The Hall–Kier alpha value is -2.62. The van der Waals surface area contributed by atoms with E-state index in [0.29, 0.717) is 5.69 Å². The second-order valence-corrected chi connectivity index (χ2v) is 9.89. The molecule has 2 aliphatic carbocycles. The number of hydrogen-bond acceptors (Lipinski definition) is 2. The lowest BCUT2D eigenvalue weighted by atomic mass is 9.63. The molecule has 0 aromatic heterocycles. The second-order valence-electron chi connectivity index (χ2n) is 9.89. The number of nitrogens with one attached hydrogen (secondary N) is 1. The molecule has 1 fully saturated rings. The largest absolute Gasteiger partial charge is 0.478 e. The summed E-state index contributed by atoms with van der Waals surface area (Å²) < 4.78 is 0. The van der Waals surface area contributed by atoms with Gasteiger partial charge in [-0.25, -0.2) is 4.79 Å². The minimum absolute atomic E-state index is 0.00962. The zero-order valence-electron chi connectivity index (χ0n) is 17.6. The molecule has 4 heteroatoms. The van der Waals surface area contributed by atoms with Gasteiger partial charge < -0.3 is 10.4 Å². The summed E-state index contributed by atoms with van der Waals surface area (Å²) in [5.41, 5.74) is 5.35. The van der Waals surface area contributed by atoms with Gasteiger partial charge in [0.25, 0.3) is 0 Å². The standard InChI is InChI=1S/C25H29NO3/c1-24(2)11-12-25(3,4)21-13-16(7-10-20(21)24)18-14-19(18)22(27)26-17-8-5-15(6-9-17)23(28)29/h5-10,13,18-19H,11-12,14H2,1-4H3,(H,26,27)(H,28,29). The number of carboxylic acids is 1. The molecule has 0 saturated heterocycles. The maximum Gasteiger partial charge on any atom is 0.335 e. The predicted octanol–water partition coefficient (Wildman–Crippen LogP) is 5.48. The highest BCUT2D eigenvalue weighted by Crippen LogP contribution is 2.51. The summed E-state index contributed by atoms with van der Waals surface area (Å²) in [6.07, 6.45) is 3.24. The second kappa shape index (κ2) is 6.72. The van der Waals surface area contributed by atoms with Gasteiger partial charge in [0.15, 0.2) is 0 Å². The molecule has 0 heterocycles. The SMILES string of the molecule is CC1(C)CCC(C)(C)c2cc(C3CC3C(=O)Nc3ccc(C(=O)O)cc3)ccc21. The number of carbonyl (C=O) groups excluding carboxylic acids is 1. The summed E-state index contributed by atoms with van der Waals surface area (Å²) >= 11 is 0. The summed E-state index contributed by atoms with van der Waals surface area (Å²) in [4.78, 5) is 23.6. The molecular formula is C25H29NO3. The van der Waals surface area contributed by atoms with Crippen molar-refractivity contribution in [3.63, 3.8) is 0 Å². The van der Waals surface area contributed by atoms with Gasteiger partial charge in [-0.3, -0.25) is 4.79 Å². The third kappa shape index (κ3) is 3.68. The Bertz CT molecular complexity index is 972. The molecule has 4 rings (SSSR count). The molecule has 2 aromatic rings. The molecular weight excluding hydrogens is 362 g/mol. The van der Waals surface area contributed by atoms with Gasteiger partial charge in [-0.05, 0) is 77.0 Å². The topological polar surface area (TPSA) is 66.4 Å². The van der Waals surface area contributed by atoms with Crippen LogP contribution in [0.5, 0.6) is 0 Å². The summed E-state index contributed by atoms with van der Waals surface area (Å²) in [6.45, 7) is 9.29. The molecule has 1 amide bonds. The average molecular weight is 392 g/mol. The van der Waals surface area contributed by atoms with E-state index < -0.39 is 5.97 Å². The van der Waals surface area contributed by atoms with Crippen LogP contribution in [0.25, 0.3) is 0 Å². The molecule has 0 aliphatic heterocycles. The van der Waals surface area contributed by atoms with Crippen molar-refractivity contribution in [2.45, 2.75) is 63.7 Å². The molecule has 4 nitrogen and oxygen atoms in total. The van der Waals surface area contributed by atoms with E-state index in [0.717, 1.165) is 6.42 Å². The van der Waals surface area contributed by atoms with E-state index in [-0.39, 0.29) is 34.1 Å². The first kappa shape index (κ1) is 19.7. The van der Waals surface area contributed by atoms with E-state index in [4.69, 9.17) is 5.11 Å². The van der Waals surface area contributed by atoms with Gasteiger partial charge in [0.1, 0.15) is 0 Å². The van der Waals surface area contributed by atoms with Crippen LogP contribution in [0.15, 0.2) is 42.5 Å². The lowest BCUT2D eigenvalue weighted by Crippen LogP contribution is -2.33. The number of carboxylic acid groups (broad SMARTS) is 1. The number of hydrogen-bond donors (Lipinski definition) is 2. The van der Waals surface area contributed by atoms with Crippen molar-refractivity contribution in [2.75, 3.05) is 5.32 Å². The van der Waals surface area contributed by atoms with Crippen molar-refractivity contribution in [1.29, 1.82) is 0 Å². The molecule has 0 spiro atoms. The van der Waals surface area contributed by atoms with Gasteiger partial charge in [0.05, 0.1) is 5.56 Å². The normalized spacial score (nSPS) is 23.7. The highest BCUT2D eigenvalue weighted by molar-refractivity contribution is 5.96. The van der Waals surface area contributed by atoms with Gasteiger partial charge in [0, 0.05) is 11.6 Å². The maximum absolute atomic E-state index is 12.7. The molecule has 152 valence electrons. The minimum atomic E-state index is -0.969. The molecule has 0 radical (unpaired) electrons. The number of anilines is 1. The third-order valence-electron chi connectivity index (χ3n) is 6.83. The monoisotopic (exact) mass is 391 g/mol. The number of carbonyl (C=O) groups is 2. The molecule has 2 aromatic carbocycles. The van der Waals surface area contributed by atoms with Crippen LogP contribution >= 0.6 is 0 Å². The Labute approximate surface area is 172 Å². The Morgan fingerprint density at radius 1 is 0.931 bits per heavy atom. The molecule has 1 saturated carbocycles. The number of fused-ring (bicyclic) bond motifs is 1. The summed E-state index contributed by atoms with van der Waals surface area (Å²) in [6, 6.07) is 13.1. The Morgan fingerprint density at radius 3 is 2.17 bits per heavy atom. The van der Waals surface area contributed by atoms with E-state index >= 15 is 0 Å². The first-order chi connectivity index (χ1) is 13.6. The van der Waals surface area contributed by atoms with Crippen LogP contribution in [-0.2, 0) is 15.6 Å². The fraction of sp³-hybridized carbons (Fsp3) is 0.440. The van der Waals surface area contributed by atoms with Gasteiger partial charge in [-0.15, -0.1) is 0 Å². The number of aromatic carboxylic acids is 1.